The molecule has 2 aromatic rings. The lowest BCUT2D eigenvalue weighted by atomic mass is 10.1. The van der Waals surface area contributed by atoms with Crippen molar-refractivity contribution in [1.82, 2.24) is 14.9 Å². The lowest BCUT2D eigenvalue weighted by Crippen LogP contribution is -2.32. The van der Waals surface area contributed by atoms with E-state index in [1.165, 1.54) is 0 Å². The summed E-state index contributed by atoms with van der Waals surface area (Å²) in [6.45, 7) is 2.28. The number of nitriles is 1. The van der Waals surface area contributed by atoms with Gasteiger partial charge < -0.3 is 5.73 Å². The number of carbonyl (C=O) groups is 1. The second-order valence-corrected chi connectivity index (χ2v) is 5.22. The number of nitrogens with zero attached hydrogens (tertiary/aromatic N) is 4. The predicted octanol–water partition coefficient (Wildman–Crippen LogP) is 0.806. The SMILES string of the molecule is N#Cc1ccc(CN2CCc3[c]nc(C(N)=O)nc3C2)cc1. The first-order chi connectivity index (χ1) is 10.7. The summed E-state index contributed by atoms with van der Waals surface area (Å²) in [5.74, 6) is -0.623. The topological polar surface area (TPSA) is 95.9 Å². The Morgan fingerprint density at radius 1 is 1.41 bits per heavy atom. The third-order valence-electron chi connectivity index (χ3n) is 3.65. The second-order valence-electron chi connectivity index (χ2n) is 5.22. The summed E-state index contributed by atoms with van der Waals surface area (Å²) in [5.41, 5.74) is 8.75. The molecule has 0 saturated heterocycles. The van der Waals surface area contributed by atoms with E-state index in [9.17, 15) is 4.79 Å². The fraction of sp³-hybridized carbons (Fsp3) is 0.250. The molecule has 6 heteroatoms. The zero-order valence-electron chi connectivity index (χ0n) is 11.9. The van der Waals surface area contributed by atoms with Crippen LogP contribution in [0.1, 0.15) is 33.0 Å². The molecule has 0 aliphatic carbocycles. The van der Waals surface area contributed by atoms with E-state index in [1.54, 1.807) is 0 Å². The maximum atomic E-state index is 11.2. The number of primary amides is 1. The third kappa shape index (κ3) is 2.95. The Bertz CT molecular complexity index is 748. The average molecular weight is 292 g/mol. The van der Waals surface area contributed by atoms with E-state index in [-0.39, 0.29) is 5.82 Å². The van der Waals surface area contributed by atoms with Crippen molar-refractivity contribution in [3.63, 3.8) is 0 Å². The molecule has 3 rings (SSSR count). The molecule has 22 heavy (non-hydrogen) atoms. The molecule has 0 atom stereocenters. The van der Waals surface area contributed by atoms with Crippen molar-refractivity contribution < 1.29 is 4.79 Å². The van der Waals surface area contributed by atoms with E-state index in [0.29, 0.717) is 12.1 Å². The van der Waals surface area contributed by atoms with Crippen LogP contribution in [0.4, 0.5) is 0 Å². The van der Waals surface area contributed by atoms with Crippen LogP contribution in [0.15, 0.2) is 24.3 Å². The number of carbonyl (C=O) groups excluding carboxylic acids is 1. The molecule has 0 saturated carbocycles. The molecule has 0 fully saturated rings. The first-order valence-corrected chi connectivity index (χ1v) is 6.94. The van der Waals surface area contributed by atoms with Gasteiger partial charge >= 0.3 is 0 Å². The highest BCUT2D eigenvalue weighted by Gasteiger charge is 2.20. The summed E-state index contributed by atoms with van der Waals surface area (Å²) in [6.07, 6.45) is 3.66. The number of aromatic nitrogens is 2. The monoisotopic (exact) mass is 292 g/mol. The zero-order chi connectivity index (χ0) is 15.5. The third-order valence-corrected chi connectivity index (χ3v) is 3.65. The Hall–Kier alpha value is -2.78. The molecule has 2 N–H and O–H groups in total. The van der Waals surface area contributed by atoms with Crippen LogP contribution >= 0.6 is 0 Å². The number of hydrogen-bond donors (Lipinski definition) is 1. The Labute approximate surface area is 128 Å². The maximum absolute atomic E-state index is 11.2. The van der Waals surface area contributed by atoms with Crippen molar-refractivity contribution in [2.45, 2.75) is 19.5 Å². The van der Waals surface area contributed by atoms with Crippen LogP contribution in [-0.4, -0.2) is 27.3 Å². The maximum Gasteiger partial charge on any atom is 0.286 e. The summed E-state index contributed by atoms with van der Waals surface area (Å²) in [6, 6.07) is 9.64. The van der Waals surface area contributed by atoms with Gasteiger partial charge in [0.15, 0.2) is 0 Å². The molecule has 1 aromatic carbocycles. The molecular weight excluding hydrogens is 278 g/mol. The summed E-state index contributed by atoms with van der Waals surface area (Å²) >= 11 is 0. The normalized spacial score (nSPS) is 14.1. The Morgan fingerprint density at radius 3 is 2.86 bits per heavy atom. The minimum Gasteiger partial charge on any atom is -0.363 e. The smallest absolute Gasteiger partial charge is 0.286 e. The van der Waals surface area contributed by atoms with E-state index in [2.05, 4.69) is 27.1 Å². The van der Waals surface area contributed by atoms with Crippen molar-refractivity contribution in [2.24, 2.45) is 5.73 Å². The van der Waals surface area contributed by atoms with Crippen molar-refractivity contribution in [3.8, 4) is 6.07 Å². The first kappa shape index (κ1) is 14.2. The number of fused-ring (bicyclic) bond motifs is 1. The van der Waals surface area contributed by atoms with Crippen LogP contribution in [0.3, 0.4) is 0 Å². The number of hydrogen-bond acceptors (Lipinski definition) is 5. The van der Waals surface area contributed by atoms with Crippen LogP contribution in [0.5, 0.6) is 0 Å². The summed E-state index contributed by atoms with van der Waals surface area (Å²) < 4.78 is 0. The molecule has 0 bridgehead atoms. The molecule has 6 nitrogen and oxygen atoms in total. The fourth-order valence-corrected chi connectivity index (χ4v) is 2.49. The highest BCUT2D eigenvalue weighted by molar-refractivity contribution is 5.88. The quantitative estimate of drug-likeness (QED) is 0.903. The van der Waals surface area contributed by atoms with Gasteiger partial charge in [0.25, 0.3) is 5.91 Å². The average Bonchev–Trinajstić information content (AvgIpc) is 2.55. The van der Waals surface area contributed by atoms with Crippen LogP contribution in [-0.2, 0) is 19.5 Å². The minimum absolute atomic E-state index is 0.0129. The van der Waals surface area contributed by atoms with Crippen molar-refractivity contribution in [1.29, 1.82) is 5.26 Å². The minimum atomic E-state index is -0.636. The van der Waals surface area contributed by atoms with Gasteiger partial charge in [0, 0.05) is 25.2 Å². The van der Waals surface area contributed by atoms with E-state index in [4.69, 9.17) is 11.0 Å². The fourth-order valence-electron chi connectivity index (χ4n) is 2.49. The predicted molar refractivity (Wildman–Crippen MR) is 78.4 cm³/mol. The molecule has 1 amide bonds. The highest BCUT2D eigenvalue weighted by Crippen LogP contribution is 2.18. The van der Waals surface area contributed by atoms with Gasteiger partial charge in [-0.25, -0.2) is 9.97 Å². The van der Waals surface area contributed by atoms with Gasteiger partial charge in [-0.2, -0.15) is 5.26 Å². The molecule has 1 aliphatic rings. The molecule has 0 spiro atoms. The van der Waals surface area contributed by atoms with E-state index in [1.807, 2.05) is 24.3 Å². The first-order valence-electron chi connectivity index (χ1n) is 6.94. The van der Waals surface area contributed by atoms with E-state index >= 15 is 0 Å². The molecule has 0 unspecified atom stereocenters. The van der Waals surface area contributed by atoms with Gasteiger partial charge in [0.1, 0.15) is 0 Å². The van der Waals surface area contributed by atoms with Crippen LogP contribution in [0.2, 0.25) is 0 Å². The number of benzene rings is 1. The Kier molecular flexibility index (Phi) is 3.81. The number of rotatable bonds is 3. The lowest BCUT2D eigenvalue weighted by molar-refractivity contribution is 0.0989. The molecule has 1 radical (unpaired) electrons. The van der Waals surface area contributed by atoms with Crippen molar-refractivity contribution in [2.75, 3.05) is 6.54 Å². The molecule has 1 aromatic heterocycles. The van der Waals surface area contributed by atoms with Gasteiger partial charge in [0.05, 0.1) is 23.5 Å². The standard InChI is InChI=1S/C16H14N5O/c17-7-11-1-3-12(4-2-11)9-21-6-5-13-8-19-16(15(18)22)20-14(13)10-21/h1-4H,5-6,9-10H2,(H2,18,22). The Balaban J connectivity index is 1.74. The number of amides is 1. The van der Waals surface area contributed by atoms with Crippen LogP contribution in [0, 0.1) is 17.5 Å². The molecule has 1 aliphatic heterocycles. The van der Waals surface area contributed by atoms with Crippen LogP contribution in [0.25, 0.3) is 0 Å². The van der Waals surface area contributed by atoms with Crippen molar-refractivity contribution in [3.05, 3.63) is 58.7 Å². The van der Waals surface area contributed by atoms with Crippen molar-refractivity contribution >= 4 is 5.91 Å². The Morgan fingerprint density at radius 2 is 2.18 bits per heavy atom. The largest absolute Gasteiger partial charge is 0.363 e. The van der Waals surface area contributed by atoms with Crippen LogP contribution < -0.4 is 5.73 Å². The second kappa shape index (κ2) is 5.92. The summed E-state index contributed by atoms with van der Waals surface area (Å²) in [4.78, 5) is 21.5. The van der Waals surface area contributed by atoms with Gasteiger partial charge in [-0.3, -0.25) is 9.69 Å². The van der Waals surface area contributed by atoms with Gasteiger partial charge in [-0.1, -0.05) is 12.1 Å². The van der Waals surface area contributed by atoms with Gasteiger partial charge in [0.2, 0.25) is 5.82 Å². The molecule has 109 valence electrons. The zero-order valence-corrected chi connectivity index (χ0v) is 11.9. The highest BCUT2D eigenvalue weighted by atomic mass is 16.1. The number of nitrogens with two attached hydrogens (primary N) is 1. The van der Waals surface area contributed by atoms with Gasteiger partial charge in [-0.15, -0.1) is 0 Å². The summed E-state index contributed by atoms with van der Waals surface area (Å²) in [5, 5.41) is 8.81. The van der Waals surface area contributed by atoms with Gasteiger partial charge in [-0.05, 0) is 24.1 Å². The molecular formula is C16H14N5O. The summed E-state index contributed by atoms with van der Waals surface area (Å²) in [7, 11) is 0. The van der Waals surface area contributed by atoms with E-state index < -0.39 is 5.91 Å². The molecule has 2 heterocycles. The lowest BCUT2D eigenvalue weighted by Gasteiger charge is -2.27. The van der Waals surface area contributed by atoms with E-state index in [0.717, 1.165) is 36.3 Å².